The highest BCUT2D eigenvalue weighted by Crippen LogP contribution is 2.38. The van der Waals surface area contributed by atoms with Gasteiger partial charge in [0, 0.05) is 24.6 Å². The van der Waals surface area contributed by atoms with Crippen LogP contribution in [-0.4, -0.2) is 33.0 Å². The first-order valence-corrected chi connectivity index (χ1v) is 12.4. The third-order valence-corrected chi connectivity index (χ3v) is 7.19. The van der Waals surface area contributed by atoms with Crippen LogP contribution < -0.4 is 5.32 Å². The number of halogens is 3. The molecule has 10 heteroatoms. The monoisotopic (exact) mass is 522 g/mol. The van der Waals surface area contributed by atoms with Gasteiger partial charge in [0.25, 0.3) is 5.91 Å². The summed E-state index contributed by atoms with van der Waals surface area (Å²) in [6.45, 7) is 1.99. The van der Waals surface area contributed by atoms with Crippen molar-refractivity contribution in [1.29, 1.82) is 0 Å². The molecule has 2 aliphatic heterocycles. The summed E-state index contributed by atoms with van der Waals surface area (Å²) in [5.74, 6) is -3.49. The predicted molar refractivity (Wildman–Crippen MR) is 137 cm³/mol. The van der Waals surface area contributed by atoms with Crippen molar-refractivity contribution in [1.82, 2.24) is 5.01 Å². The Hall–Kier alpha value is -3.92. The van der Waals surface area contributed by atoms with E-state index in [4.69, 9.17) is 5.10 Å². The van der Waals surface area contributed by atoms with E-state index in [0.29, 0.717) is 11.6 Å². The Morgan fingerprint density at radius 2 is 1.76 bits per heavy atom. The Morgan fingerprint density at radius 1 is 1.03 bits per heavy atom. The lowest BCUT2D eigenvalue weighted by molar-refractivity contribution is -0.121. The number of benzene rings is 3. The fourth-order valence-electron chi connectivity index (χ4n) is 4.11. The van der Waals surface area contributed by atoms with E-state index in [0.717, 1.165) is 46.3 Å². The van der Waals surface area contributed by atoms with E-state index < -0.39 is 28.7 Å². The maximum absolute atomic E-state index is 13.6. The predicted octanol–water partition coefficient (Wildman–Crippen LogP) is 5.59. The summed E-state index contributed by atoms with van der Waals surface area (Å²) >= 11 is 1.11. The van der Waals surface area contributed by atoms with Crippen LogP contribution in [-0.2, 0) is 9.59 Å². The number of hydrogen-bond acceptors (Lipinski definition) is 5. The normalized spacial score (nSPS) is 19.1. The second kappa shape index (κ2) is 10.2. The molecule has 2 aliphatic rings. The van der Waals surface area contributed by atoms with E-state index in [-0.39, 0.29) is 24.0 Å². The lowest BCUT2D eigenvalue weighted by Gasteiger charge is -2.23. The number of rotatable bonds is 5. The zero-order valence-electron chi connectivity index (χ0n) is 19.6. The maximum atomic E-state index is 13.6. The SMILES string of the molecule is Cc1ccc(C2=NN(C3=NC(=O)[C@@H](CC(=O)Nc4ccc(F)c(F)c4)S3)[C@H](c3ccc(F)cc3)C2)cc1. The van der Waals surface area contributed by atoms with Gasteiger partial charge in [0.05, 0.1) is 11.8 Å². The highest BCUT2D eigenvalue weighted by atomic mass is 32.2. The van der Waals surface area contributed by atoms with Crippen LogP contribution in [0.2, 0.25) is 0 Å². The zero-order chi connectivity index (χ0) is 26.1. The lowest BCUT2D eigenvalue weighted by Crippen LogP contribution is -2.25. The van der Waals surface area contributed by atoms with E-state index >= 15 is 0 Å². The number of amidine groups is 1. The van der Waals surface area contributed by atoms with Gasteiger partial charge in [0.2, 0.25) is 5.91 Å². The molecule has 0 aromatic heterocycles. The number of nitrogens with one attached hydrogen (secondary N) is 1. The first-order chi connectivity index (χ1) is 17.8. The van der Waals surface area contributed by atoms with Gasteiger partial charge in [-0.3, -0.25) is 9.59 Å². The van der Waals surface area contributed by atoms with Crippen LogP contribution in [0.3, 0.4) is 0 Å². The van der Waals surface area contributed by atoms with Crippen LogP contribution in [0.5, 0.6) is 0 Å². The first kappa shape index (κ1) is 24.8. The summed E-state index contributed by atoms with van der Waals surface area (Å²) in [7, 11) is 0. The highest BCUT2D eigenvalue weighted by Gasteiger charge is 2.39. The average Bonchev–Trinajstić information content (AvgIpc) is 3.46. The van der Waals surface area contributed by atoms with E-state index in [2.05, 4.69) is 10.3 Å². The molecule has 3 aromatic rings. The van der Waals surface area contributed by atoms with Crippen LogP contribution in [0, 0.1) is 24.4 Å². The summed E-state index contributed by atoms with van der Waals surface area (Å²) in [6, 6.07) is 16.7. The number of aryl methyl sites for hydroxylation is 1. The van der Waals surface area contributed by atoms with Gasteiger partial charge >= 0.3 is 0 Å². The molecule has 5 rings (SSSR count). The van der Waals surface area contributed by atoms with Gasteiger partial charge < -0.3 is 5.32 Å². The quantitative estimate of drug-likeness (QED) is 0.474. The molecule has 1 N–H and O–H groups in total. The molecule has 0 spiro atoms. The molecular formula is C27H21F3N4O2S. The Labute approximate surface area is 215 Å². The fourth-order valence-corrected chi connectivity index (χ4v) is 5.17. The van der Waals surface area contributed by atoms with Crippen molar-refractivity contribution in [2.75, 3.05) is 5.32 Å². The number of amides is 2. The Bertz CT molecular complexity index is 1420. The fraction of sp³-hybridized carbons (Fsp3) is 0.185. The molecule has 0 fully saturated rings. The van der Waals surface area contributed by atoms with E-state index in [1.807, 2.05) is 31.2 Å². The maximum Gasteiger partial charge on any atom is 0.262 e. The van der Waals surface area contributed by atoms with E-state index in [1.54, 1.807) is 17.1 Å². The largest absolute Gasteiger partial charge is 0.326 e. The summed E-state index contributed by atoms with van der Waals surface area (Å²) in [4.78, 5) is 29.4. The topological polar surface area (TPSA) is 74.1 Å². The van der Waals surface area contributed by atoms with Gasteiger partial charge in [0.15, 0.2) is 16.8 Å². The smallest absolute Gasteiger partial charge is 0.262 e. The van der Waals surface area contributed by atoms with E-state index in [9.17, 15) is 22.8 Å². The third kappa shape index (κ3) is 5.43. The van der Waals surface area contributed by atoms with Crippen molar-refractivity contribution in [2.45, 2.75) is 31.1 Å². The minimum absolute atomic E-state index is 0.0868. The minimum atomic E-state index is -1.09. The van der Waals surface area contributed by atoms with Gasteiger partial charge in [-0.25, -0.2) is 18.2 Å². The Kier molecular flexibility index (Phi) is 6.84. The summed E-state index contributed by atoms with van der Waals surface area (Å²) in [5.41, 5.74) is 3.73. The van der Waals surface area contributed by atoms with Gasteiger partial charge in [-0.2, -0.15) is 10.1 Å². The zero-order valence-corrected chi connectivity index (χ0v) is 20.4. The van der Waals surface area contributed by atoms with Crippen molar-refractivity contribution >= 4 is 40.1 Å². The van der Waals surface area contributed by atoms with Crippen LogP contribution >= 0.6 is 11.8 Å². The van der Waals surface area contributed by atoms with Crippen molar-refractivity contribution in [3.05, 3.63) is 101 Å². The summed E-state index contributed by atoms with van der Waals surface area (Å²) < 4.78 is 40.2. The molecule has 0 aliphatic carbocycles. The second-order valence-electron chi connectivity index (χ2n) is 8.75. The summed E-state index contributed by atoms with van der Waals surface area (Å²) in [5, 5.41) is 8.43. The molecular weight excluding hydrogens is 501 g/mol. The standard InChI is InChI=1S/C27H21F3N4O2S/c1-15-2-4-16(5-3-15)22-13-23(17-6-8-18(28)9-7-17)34(33-22)27-32-26(36)24(37-27)14-25(35)31-19-10-11-20(29)21(30)12-19/h2-12,23-24H,13-14H2,1H3,(H,31,35)/t23-,24+/m0/s1. The number of hydrazone groups is 1. The number of hydrogen-bond donors (Lipinski definition) is 1. The molecule has 37 heavy (non-hydrogen) atoms. The molecule has 2 atom stereocenters. The molecule has 6 nitrogen and oxygen atoms in total. The number of carbonyl (C=O) groups excluding carboxylic acids is 2. The molecule has 0 bridgehead atoms. The van der Waals surface area contributed by atoms with Crippen molar-refractivity contribution in [3.8, 4) is 0 Å². The van der Waals surface area contributed by atoms with Crippen LogP contribution in [0.15, 0.2) is 76.8 Å². The minimum Gasteiger partial charge on any atom is -0.326 e. The van der Waals surface area contributed by atoms with Gasteiger partial charge in [0.1, 0.15) is 11.1 Å². The molecule has 0 saturated heterocycles. The molecule has 0 radical (unpaired) electrons. The van der Waals surface area contributed by atoms with E-state index in [1.165, 1.54) is 18.2 Å². The summed E-state index contributed by atoms with van der Waals surface area (Å²) in [6.07, 6.45) is 0.308. The first-order valence-electron chi connectivity index (χ1n) is 11.5. The second-order valence-corrected chi connectivity index (χ2v) is 9.92. The molecule has 0 saturated carbocycles. The molecule has 3 aromatic carbocycles. The Balaban J connectivity index is 1.34. The van der Waals surface area contributed by atoms with Gasteiger partial charge in [-0.1, -0.05) is 53.7 Å². The average molecular weight is 523 g/mol. The molecule has 188 valence electrons. The molecule has 2 amide bonds. The highest BCUT2D eigenvalue weighted by molar-refractivity contribution is 8.15. The number of carbonyl (C=O) groups is 2. The van der Waals surface area contributed by atoms with Crippen molar-refractivity contribution in [3.63, 3.8) is 0 Å². The van der Waals surface area contributed by atoms with Crippen LogP contribution in [0.4, 0.5) is 18.9 Å². The number of nitrogens with zero attached hydrogens (tertiary/aromatic N) is 3. The van der Waals surface area contributed by atoms with Crippen LogP contribution in [0.25, 0.3) is 0 Å². The van der Waals surface area contributed by atoms with Crippen LogP contribution in [0.1, 0.15) is 35.6 Å². The van der Waals surface area contributed by atoms with Gasteiger partial charge in [-0.05, 0) is 42.3 Å². The molecule has 2 heterocycles. The molecule has 0 unspecified atom stereocenters. The number of aliphatic imine (C=N–C) groups is 1. The van der Waals surface area contributed by atoms with Crippen molar-refractivity contribution < 1.29 is 22.8 Å². The van der Waals surface area contributed by atoms with Gasteiger partial charge in [-0.15, -0.1) is 0 Å². The number of thioether (sulfide) groups is 1. The lowest BCUT2D eigenvalue weighted by atomic mass is 9.98. The number of anilines is 1. The Morgan fingerprint density at radius 3 is 2.46 bits per heavy atom. The third-order valence-electron chi connectivity index (χ3n) is 6.05. The van der Waals surface area contributed by atoms with Crippen molar-refractivity contribution in [2.24, 2.45) is 10.1 Å².